The van der Waals surface area contributed by atoms with Gasteiger partial charge in [0.1, 0.15) is 5.82 Å². The Bertz CT molecular complexity index is 1270. The van der Waals surface area contributed by atoms with Crippen molar-refractivity contribution in [3.8, 4) is 22.3 Å². The summed E-state index contributed by atoms with van der Waals surface area (Å²) in [7, 11) is 1.71. The van der Waals surface area contributed by atoms with E-state index in [9.17, 15) is 9.90 Å². The van der Waals surface area contributed by atoms with E-state index in [0.29, 0.717) is 12.1 Å². The van der Waals surface area contributed by atoms with Crippen molar-refractivity contribution in [3.63, 3.8) is 0 Å². The molecule has 0 amide bonds. The number of carboxylic acid groups (broad SMARTS) is 1. The number of nitrogens with zero attached hydrogens (tertiary/aromatic N) is 2. The number of halogens is 1. The summed E-state index contributed by atoms with van der Waals surface area (Å²) in [6.45, 7) is 12.5. The number of fused-ring (bicyclic) bond motifs is 3. The van der Waals surface area contributed by atoms with E-state index in [0.717, 1.165) is 50.2 Å². The third-order valence-electron chi connectivity index (χ3n) is 6.39. The fraction of sp³-hybridized carbons (Fsp3) is 0.379. The quantitative estimate of drug-likeness (QED) is 0.377. The van der Waals surface area contributed by atoms with Crippen molar-refractivity contribution < 1.29 is 19.0 Å². The van der Waals surface area contributed by atoms with Crippen molar-refractivity contribution >= 4 is 23.6 Å². The number of aromatic nitrogens is 1. The predicted molar refractivity (Wildman–Crippen MR) is 147 cm³/mol. The highest BCUT2D eigenvalue weighted by Crippen LogP contribution is 2.50. The first-order chi connectivity index (χ1) is 16.9. The number of benzene rings is 2. The van der Waals surface area contributed by atoms with Crippen LogP contribution in [0.4, 0.5) is 10.1 Å². The van der Waals surface area contributed by atoms with E-state index >= 15 is 4.39 Å². The van der Waals surface area contributed by atoms with Crippen LogP contribution >= 0.6 is 11.9 Å². The Labute approximate surface area is 217 Å². The van der Waals surface area contributed by atoms with Gasteiger partial charge in [-0.15, -0.1) is 0 Å². The normalized spacial score (nSPS) is 12.4. The van der Waals surface area contributed by atoms with Crippen LogP contribution in [-0.4, -0.2) is 35.0 Å². The highest BCUT2D eigenvalue weighted by molar-refractivity contribution is 7.99. The minimum atomic E-state index is -0.881. The Balaban J connectivity index is 0.000000538. The molecule has 0 saturated carbocycles. The van der Waals surface area contributed by atoms with Crippen LogP contribution in [0.5, 0.6) is 0 Å². The number of anilines is 1. The number of aliphatic carboxylic acids is 1. The number of hydrogen-bond acceptors (Lipinski definition) is 5. The largest absolute Gasteiger partial charge is 0.481 e. The van der Waals surface area contributed by atoms with Crippen molar-refractivity contribution in [1.29, 1.82) is 0 Å². The lowest BCUT2D eigenvalue weighted by atomic mass is 9.81. The van der Waals surface area contributed by atoms with Crippen LogP contribution in [0.25, 0.3) is 22.3 Å². The van der Waals surface area contributed by atoms with Crippen molar-refractivity contribution in [2.45, 2.75) is 60.1 Å². The Kier molecular flexibility index (Phi) is 8.47. The Morgan fingerprint density at radius 1 is 1.08 bits per heavy atom. The lowest BCUT2D eigenvalue weighted by Crippen LogP contribution is -2.23. The molecule has 1 N–H and O–H groups in total. The minimum Gasteiger partial charge on any atom is -0.481 e. The zero-order valence-corrected chi connectivity index (χ0v) is 23.1. The standard InChI is InChI=1S/C24H23FN2O2S.C5H12O/c1-13-5-7-16(8-6-13)21-15(3)22-23-17(10-26-11-19(23)25)12-27(30-4)24(22)14(2)18(21)9-20(28)29;1-5(2,3)6-4/h5-8,10-11H,9,12H2,1-4H3,(H,28,29);1-4H3. The van der Waals surface area contributed by atoms with E-state index in [-0.39, 0.29) is 17.8 Å². The molecular formula is C29H35FN2O3S. The van der Waals surface area contributed by atoms with Gasteiger partial charge in [-0.3, -0.25) is 9.78 Å². The third kappa shape index (κ3) is 5.73. The molecule has 7 heteroatoms. The van der Waals surface area contributed by atoms with Crippen LogP contribution in [0.15, 0.2) is 36.7 Å². The zero-order chi connectivity index (χ0) is 26.8. The Morgan fingerprint density at radius 2 is 1.69 bits per heavy atom. The van der Waals surface area contributed by atoms with Gasteiger partial charge in [-0.05, 0) is 69.4 Å². The lowest BCUT2D eigenvalue weighted by Gasteiger charge is -2.35. The van der Waals surface area contributed by atoms with Gasteiger partial charge in [0.05, 0.1) is 30.5 Å². The first-order valence-electron chi connectivity index (χ1n) is 11.8. The third-order valence-corrected chi connectivity index (χ3v) is 7.14. The predicted octanol–water partition coefficient (Wildman–Crippen LogP) is 7.14. The molecule has 1 aliphatic heterocycles. The highest BCUT2D eigenvalue weighted by atomic mass is 32.2. The summed E-state index contributed by atoms with van der Waals surface area (Å²) in [6.07, 6.45) is 4.86. The zero-order valence-electron chi connectivity index (χ0n) is 22.3. The van der Waals surface area contributed by atoms with Gasteiger partial charge >= 0.3 is 5.97 Å². The Morgan fingerprint density at radius 3 is 2.22 bits per heavy atom. The highest BCUT2D eigenvalue weighted by Gasteiger charge is 2.32. The summed E-state index contributed by atoms with van der Waals surface area (Å²) in [5, 5.41) is 9.64. The maximum atomic E-state index is 15.0. The summed E-state index contributed by atoms with van der Waals surface area (Å²) in [4.78, 5) is 15.8. The van der Waals surface area contributed by atoms with E-state index in [1.54, 1.807) is 25.3 Å². The average Bonchev–Trinajstić information content (AvgIpc) is 2.82. The van der Waals surface area contributed by atoms with Gasteiger partial charge in [0.25, 0.3) is 0 Å². The van der Waals surface area contributed by atoms with Crippen LogP contribution in [0, 0.1) is 26.6 Å². The van der Waals surface area contributed by atoms with E-state index in [1.807, 2.05) is 72.1 Å². The molecule has 2 heterocycles. The number of pyridine rings is 1. The maximum Gasteiger partial charge on any atom is 0.307 e. The van der Waals surface area contributed by atoms with Crippen LogP contribution in [0.1, 0.15) is 48.6 Å². The van der Waals surface area contributed by atoms with Gasteiger partial charge in [-0.1, -0.05) is 41.8 Å². The molecule has 0 radical (unpaired) electrons. The molecule has 0 aliphatic carbocycles. The average molecular weight is 511 g/mol. The molecule has 0 saturated heterocycles. The van der Waals surface area contributed by atoms with E-state index in [4.69, 9.17) is 4.74 Å². The summed E-state index contributed by atoms with van der Waals surface area (Å²) >= 11 is 1.55. The number of rotatable bonds is 4. The lowest BCUT2D eigenvalue weighted by molar-refractivity contribution is -0.136. The number of hydrogen-bond donors (Lipinski definition) is 1. The molecule has 4 rings (SSSR count). The summed E-state index contributed by atoms with van der Waals surface area (Å²) in [5.74, 6) is -1.23. The number of carbonyl (C=O) groups is 1. The van der Waals surface area contributed by atoms with Crippen molar-refractivity contribution in [1.82, 2.24) is 4.98 Å². The molecule has 0 unspecified atom stereocenters. The molecule has 0 fully saturated rings. The van der Waals surface area contributed by atoms with Crippen molar-refractivity contribution in [2.24, 2.45) is 0 Å². The van der Waals surface area contributed by atoms with Crippen molar-refractivity contribution in [2.75, 3.05) is 17.7 Å². The molecule has 0 atom stereocenters. The van der Waals surface area contributed by atoms with Gasteiger partial charge in [-0.2, -0.15) is 0 Å². The van der Waals surface area contributed by atoms with Gasteiger partial charge < -0.3 is 14.1 Å². The Hall–Kier alpha value is -2.90. The molecule has 0 bridgehead atoms. The minimum absolute atomic E-state index is 0.0417. The number of ether oxygens (including phenoxy) is 1. The van der Waals surface area contributed by atoms with Gasteiger partial charge in [0.15, 0.2) is 0 Å². The SMILES string of the molecule is COC(C)(C)C.CSN1Cc2cncc(F)c2-c2c(C)c(-c3ccc(C)cc3)c(CC(=O)O)c(C)c21. The van der Waals surface area contributed by atoms with Gasteiger partial charge in [-0.25, -0.2) is 4.39 Å². The first kappa shape index (κ1) is 27.7. The fourth-order valence-corrected chi connectivity index (χ4v) is 5.09. The molecule has 1 aromatic heterocycles. The molecule has 0 spiro atoms. The summed E-state index contributed by atoms with van der Waals surface area (Å²) in [6, 6.07) is 8.04. The van der Waals surface area contributed by atoms with Crippen LogP contribution < -0.4 is 4.31 Å². The van der Waals surface area contributed by atoms with Gasteiger partial charge in [0.2, 0.25) is 0 Å². The van der Waals surface area contributed by atoms with Crippen LogP contribution in [-0.2, 0) is 22.5 Å². The van der Waals surface area contributed by atoms with Gasteiger partial charge in [0, 0.05) is 36.3 Å². The molecule has 36 heavy (non-hydrogen) atoms. The summed E-state index contributed by atoms with van der Waals surface area (Å²) in [5.41, 5.74) is 8.65. The molecule has 3 aromatic rings. The van der Waals surface area contributed by atoms with Crippen LogP contribution in [0.2, 0.25) is 0 Å². The number of aryl methyl sites for hydroxylation is 1. The summed E-state index contributed by atoms with van der Waals surface area (Å²) < 4.78 is 22.0. The van der Waals surface area contributed by atoms with E-state index in [1.165, 1.54) is 6.20 Å². The first-order valence-corrected chi connectivity index (χ1v) is 13.0. The number of methoxy groups -OCH3 is 1. The molecule has 2 aromatic carbocycles. The number of carboxylic acids is 1. The monoisotopic (exact) mass is 510 g/mol. The van der Waals surface area contributed by atoms with E-state index < -0.39 is 5.97 Å². The second kappa shape index (κ2) is 11.0. The fourth-order valence-electron chi connectivity index (χ4n) is 4.41. The maximum absolute atomic E-state index is 15.0. The van der Waals surface area contributed by atoms with E-state index in [2.05, 4.69) is 9.29 Å². The second-order valence-electron chi connectivity index (χ2n) is 9.95. The molecule has 192 valence electrons. The second-order valence-corrected chi connectivity index (χ2v) is 10.8. The van der Waals surface area contributed by atoms with Crippen LogP contribution in [0.3, 0.4) is 0 Å². The molecule has 1 aliphatic rings. The van der Waals surface area contributed by atoms with Crippen molar-refractivity contribution in [3.05, 3.63) is 70.3 Å². The molecular weight excluding hydrogens is 475 g/mol. The topological polar surface area (TPSA) is 62.7 Å². The molecule has 5 nitrogen and oxygen atoms in total. The smallest absolute Gasteiger partial charge is 0.307 e.